The fraction of sp³-hybridized carbons (Fsp3) is 0.300. The van der Waals surface area contributed by atoms with Crippen LogP contribution in [0.25, 0.3) is 16.6 Å². The van der Waals surface area contributed by atoms with Crippen LogP contribution in [0.4, 0.5) is 0 Å². The zero-order valence-corrected chi connectivity index (χ0v) is 21.4. The van der Waals surface area contributed by atoms with E-state index in [0.29, 0.717) is 28.8 Å². The van der Waals surface area contributed by atoms with Crippen molar-refractivity contribution >= 4 is 16.8 Å². The molecule has 5 heteroatoms. The van der Waals surface area contributed by atoms with Crippen LogP contribution in [0.5, 0.6) is 0 Å². The summed E-state index contributed by atoms with van der Waals surface area (Å²) in [6.45, 7) is 12.8. The Balaban J connectivity index is 1.84. The van der Waals surface area contributed by atoms with E-state index in [4.69, 9.17) is 4.98 Å². The average Bonchev–Trinajstić information content (AvgIpc) is 2.84. The van der Waals surface area contributed by atoms with Gasteiger partial charge in [0.15, 0.2) is 0 Å². The van der Waals surface area contributed by atoms with Crippen LogP contribution in [-0.2, 0) is 5.41 Å². The minimum atomic E-state index is -0.424. The average molecular weight is 468 g/mol. The molecule has 1 atom stereocenters. The van der Waals surface area contributed by atoms with Gasteiger partial charge in [-0.2, -0.15) is 0 Å². The number of carbonyl (C=O) groups is 1. The lowest BCUT2D eigenvalue weighted by atomic mass is 9.86. The first-order valence-corrected chi connectivity index (χ1v) is 12.1. The van der Waals surface area contributed by atoms with Crippen molar-refractivity contribution in [2.45, 2.75) is 53.0 Å². The molecule has 180 valence electrons. The summed E-state index contributed by atoms with van der Waals surface area (Å²) in [7, 11) is 0. The summed E-state index contributed by atoms with van der Waals surface area (Å²) < 4.78 is 1.67. The highest BCUT2D eigenvalue weighted by Gasteiger charge is 2.27. The Kier molecular flexibility index (Phi) is 6.62. The second-order valence-electron chi connectivity index (χ2n) is 10.0. The number of fused-ring (bicyclic) bond motifs is 1. The van der Waals surface area contributed by atoms with Gasteiger partial charge in [-0.15, -0.1) is 0 Å². The van der Waals surface area contributed by atoms with Gasteiger partial charge in [0.1, 0.15) is 5.82 Å². The number of amides is 1. The number of hydrogen-bond acceptors (Lipinski definition) is 3. The van der Waals surface area contributed by atoms with E-state index in [1.807, 2.05) is 87.5 Å². The molecule has 0 bridgehead atoms. The molecule has 0 saturated heterocycles. The van der Waals surface area contributed by atoms with Crippen molar-refractivity contribution in [3.05, 3.63) is 106 Å². The topological polar surface area (TPSA) is 55.2 Å². The van der Waals surface area contributed by atoms with Gasteiger partial charge in [0, 0.05) is 12.1 Å². The van der Waals surface area contributed by atoms with Crippen molar-refractivity contribution in [1.82, 2.24) is 14.5 Å². The van der Waals surface area contributed by atoms with Gasteiger partial charge in [0.2, 0.25) is 0 Å². The first-order chi connectivity index (χ1) is 16.6. The summed E-state index contributed by atoms with van der Waals surface area (Å²) in [5, 5.41) is 0.554. The number of aryl methyl sites for hydroxylation is 1. The van der Waals surface area contributed by atoms with Gasteiger partial charge in [-0.3, -0.25) is 14.2 Å². The molecule has 0 aliphatic carbocycles. The van der Waals surface area contributed by atoms with E-state index in [9.17, 15) is 9.59 Å². The van der Waals surface area contributed by atoms with Crippen LogP contribution in [0, 0.1) is 6.92 Å². The van der Waals surface area contributed by atoms with Crippen molar-refractivity contribution in [3.63, 3.8) is 0 Å². The molecule has 4 aromatic rings. The maximum atomic E-state index is 13.7. The first-order valence-electron chi connectivity index (χ1n) is 12.1. The van der Waals surface area contributed by atoms with E-state index in [0.717, 1.165) is 11.3 Å². The van der Waals surface area contributed by atoms with Crippen LogP contribution >= 0.6 is 0 Å². The fourth-order valence-corrected chi connectivity index (χ4v) is 4.49. The van der Waals surface area contributed by atoms with E-state index in [1.165, 1.54) is 5.56 Å². The van der Waals surface area contributed by atoms with Crippen LogP contribution in [0.15, 0.2) is 77.6 Å². The number of hydrogen-bond donors (Lipinski definition) is 0. The monoisotopic (exact) mass is 467 g/mol. The van der Waals surface area contributed by atoms with E-state index in [1.54, 1.807) is 15.5 Å². The van der Waals surface area contributed by atoms with Gasteiger partial charge in [-0.25, -0.2) is 4.98 Å². The van der Waals surface area contributed by atoms with Gasteiger partial charge in [0.25, 0.3) is 11.5 Å². The van der Waals surface area contributed by atoms with Crippen LogP contribution < -0.4 is 5.56 Å². The summed E-state index contributed by atoms with van der Waals surface area (Å²) in [4.78, 5) is 34.0. The summed E-state index contributed by atoms with van der Waals surface area (Å²) >= 11 is 0. The van der Waals surface area contributed by atoms with Crippen LogP contribution in [-0.4, -0.2) is 26.9 Å². The largest absolute Gasteiger partial charge is 0.329 e. The number of nitrogens with zero attached hydrogens (tertiary/aromatic N) is 3. The Labute approximate surface area is 207 Å². The highest BCUT2D eigenvalue weighted by Crippen LogP contribution is 2.27. The molecular formula is C30H33N3O2. The van der Waals surface area contributed by atoms with Crippen molar-refractivity contribution in [2.75, 3.05) is 6.54 Å². The molecule has 1 amide bonds. The van der Waals surface area contributed by atoms with Gasteiger partial charge >= 0.3 is 0 Å². The number of benzene rings is 3. The fourth-order valence-electron chi connectivity index (χ4n) is 4.49. The van der Waals surface area contributed by atoms with Crippen molar-refractivity contribution < 1.29 is 4.79 Å². The molecule has 0 aliphatic rings. The predicted molar refractivity (Wildman–Crippen MR) is 142 cm³/mol. The zero-order chi connectivity index (χ0) is 25.3. The van der Waals surface area contributed by atoms with Crippen LogP contribution in [0.1, 0.15) is 68.0 Å². The summed E-state index contributed by atoms with van der Waals surface area (Å²) in [6.07, 6.45) is 0. The highest BCUT2D eigenvalue weighted by molar-refractivity contribution is 5.94. The molecule has 0 aliphatic heterocycles. The van der Waals surface area contributed by atoms with Crippen molar-refractivity contribution in [1.29, 1.82) is 0 Å². The Morgan fingerprint density at radius 1 is 0.971 bits per heavy atom. The minimum absolute atomic E-state index is 0.0118. The molecule has 1 heterocycles. The second kappa shape index (κ2) is 9.49. The molecule has 35 heavy (non-hydrogen) atoms. The molecule has 3 aromatic carbocycles. The third-order valence-electron chi connectivity index (χ3n) is 6.60. The van der Waals surface area contributed by atoms with Crippen molar-refractivity contribution in [2.24, 2.45) is 0 Å². The molecular weight excluding hydrogens is 434 g/mol. The second-order valence-corrected chi connectivity index (χ2v) is 10.0. The maximum absolute atomic E-state index is 13.7. The van der Waals surface area contributed by atoms with E-state index in [-0.39, 0.29) is 16.9 Å². The normalized spacial score (nSPS) is 12.5. The molecule has 0 saturated carbocycles. The van der Waals surface area contributed by atoms with Crippen molar-refractivity contribution in [3.8, 4) is 5.69 Å². The third-order valence-corrected chi connectivity index (χ3v) is 6.60. The van der Waals surface area contributed by atoms with E-state index >= 15 is 0 Å². The molecule has 0 radical (unpaired) electrons. The number of carbonyl (C=O) groups excluding carboxylic acids is 1. The number of rotatable bonds is 5. The molecule has 1 aromatic heterocycles. The molecule has 0 spiro atoms. The molecule has 4 rings (SSSR count). The van der Waals surface area contributed by atoms with Gasteiger partial charge in [-0.05, 0) is 67.6 Å². The van der Waals surface area contributed by atoms with Gasteiger partial charge in [0.05, 0.1) is 22.6 Å². The first kappa shape index (κ1) is 24.4. The number of para-hydroxylation sites is 2. The predicted octanol–water partition coefficient (Wildman–Crippen LogP) is 6.21. The SMILES string of the molecule is CCN(C(=O)c1ccc(C(C)(C)C)cc1)C(C)c1nc2ccccc2c(=O)n1-c1ccccc1C. The maximum Gasteiger partial charge on any atom is 0.266 e. The Morgan fingerprint density at radius 3 is 2.23 bits per heavy atom. The Hall–Kier alpha value is -3.73. The molecule has 5 nitrogen and oxygen atoms in total. The van der Waals surface area contributed by atoms with E-state index < -0.39 is 6.04 Å². The smallest absolute Gasteiger partial charge is 0.266 e. The van der Waals surface area contributed by atoms with Crippen LogP contribution in [0.2, 0.25) is 0 Å². The quantitative estimate of drug-likeness (QED) is 0.350. The third kappa shape index (κ3) is 4.63. The standard InChI is InChI=1S/C30H33N3O2/c1-7-32(28(34)22-16-18-23(19-17-22)30(4,5)6)21(3)27-31-25-14-10-9-13-24(25)29(35)33(27)26-15-11-8-12-20(26)2/h8-19,21H,7H2,1-6H3. The van der Waals surface area contributed by atoms with Crippen LogP contribution in [0.3, 0.4) is 0 Å². The molecule has 1 unspecified atom stereocenters. The molecule has 0 fully saturated rings. The Morgan fingerprint density at radius 2 is 1.60 bits per heavy atom. The van der Waals surface area contributed by atoms with Gasteiger partial charge in [-0.1, -0.05) is 63.2 Å². The zero-order valence-electron chi connectivity index (χ0n) is 21.4. The number of aromatic nitrogens is 2. The summed E-state index contributed by atoms with van der Waals surface area (Å²) in [5.41, 5.74) is 4.04. The summed E-state index contributed by atoms with van der Waals surface area (Å²) in [6, 6.07) is 22.5. The highest BCUT2D eigenvalue weighted by atomic mass is 16.2. The lowest BCUT2D eigenvalue weighted by Crippen LogP contribution is -2.37. The van der Waals surface area contributed by atoms with Gasteiger partial charge < -0.3 is 4.90 Å². The molecule has 0 N–H and O–H groups in total. The minimum Gasteiger partial charge on any atom is -0.329 e. The summed E-state index contributed by atoms with van der Waals surface area (Å²) in [5.74, 6) is 0.462. The lowest BCUT2D eigenvalue weighted by Gasteiger charge is -2.30. The lowest BCUT2D eigenvalue weighted by molar-refractivity contribution is 0.0693. The Bertz CT molecular complexity index is 1430. The van der Waals surface area contributed by atoms with E-state index in [2.05, 4.69) is 20.8 Å².